The number of aryl methyl sites for hydroxylation is 2. The van der Waals surface area contributed by atoms with E-state index < -0.39 is 9.05 Å². The summed E-state index contributed by atoms with van der Waals surface area (Å²) in [5.74, 6) is 1.25. The first-order valence-corrected chi connectivity index (χ1v) is 8.95. The molecule has 6 heteroatoms. The maximum atomic E-state index is 11.4. The van der Waals surface area contributed by atoms with Crippen LogP contribution in [0.3, 0.4) is 0 Å². The third kappa shape index (κ3) is 3.87. The van der Waals surface area contributed by atoms with E-state index in [2.05, 4.69) is 0 Å². The topological polar surface area (TPSA) is 52.6 Å². The first-order valence-electron chi connectivity index (χ1n) is 6.64. The Labute approximate surface area is 124 Å². The molecular formula is C14H19ClO4S. The summed E-state index contributed by atoms with van der Waals surface area (Å²) < 4.78 is 33.9. The summed E-state index contributed by atoms with van der Waals surface area (Å²) in [6.45, 7) is 5.87. The average Bonchev–Trinajstić information content (AvgIpc) is 2.37. The van der Waals surface area contributed by atoms with E-state index in [1.165, 1.54) is 0 Å². The molecule has 1 heterocycles. The Bertz CT molecular complexity index is 554. The number of hydrogen-bond donors (Lipinski definition) is 0. The molecule has 1 fully saturated rings. The smallest absolute Gasteiger partial charge is 0.261 e. The van der Waals surface area contributed by atoms with E-state index in [0.717, 1.165) is 42.9 Å². The van der Waals surface area contributed by atoms with E-state index in [4.69, 9.17) is 20.2 Å². The van der Waals surface area contributed by atoms with Gasteiger partial charge in [-0.15, -0.1) is 0 Å². The predicted octanol–water partition coefficient (Wildman–Crippen LogP) is 3.04. The lowest BCUT2D eigenvalue weighted by Crippen LogP contribution is -2.21. The first-order chi connectivity index (χ1) is 9.38. The molecule has 20 heavy (non-hydrogen) atoms. The Hall–Kier alpha value is -0.780. The van der Waals surface area contributed by atoms with Crippen LogP contribution < -0.4 is 4.74 Å². The van der Waals surface area contributed by atoms with E-state index in [9.17, 15) is 8.42 Å². The molecule has 0 N–H and O–H groups in total. The molecule has 0 aromatic heterocycles. The molecule has 1 aromatic carbocycles. The lowest BCUT2D eigenvalue weighted by Gasteiger charge is -2.23. The quantitative estimate of drug-likeness (QED) is 0.801. The van der Waals surface area contributed by atoms with Gasteiger partial charge >= 0.3 is 0 Å². The van der Waals surface area contributed by atoms with Crippen molar-refractivity contribution < 1.29 is 17.9 Å². The van der Waals surface area contributed by atoms with Gasteiger partial charge in [-0.3, -0.25) is 0 Å². The Morgan fingerprint density at radius 3 is 2.30 bits per heavy atom. The molecule has 0 bridgehead atoms. The van der Waals surface area contributed by atoms with Gasteiger partial charge in [0.1, 0.15) is 5.75 Å². The van der Waals surface area contributed by atoms with Crippen molar-refractivity contribution >= 4 is 19.7 Å². The van der Waals surface area contributed by atoms with Crippen LogP contribution in [-0.4, -0.2) is 28.2 Å². The van der Waals surface area contributed by atoms with Crippen molar-refractivity contribution in [2.24, 2.45) is 5.92 Å². The van der Waals surface area contributed by atoms with Gasteiger partial charge < -0.3 is 9.47 Å². The SMILES string of the molecule is Cc1cc(S(=O)(=O)Cl)cc(C)c1OCC1CCOCC1. The lowest BCUT2D eigenvalue weighted by atomic mass is 10.0. The summed E-state index contributed by atoms with van der Waals surface area (Å²) >= 11 is 0. The molecule has 4 nitrogen and oxygen atoms in total. The normalized spacial score (nSPS) is 17.1. The molecule has 0 atom stereocenters. The monoisotopic (exact) mass is 318 g/mol. The molecule has 1 aromatic rings. The van der Waals surface area contributed by atoms with Gasteiger partial charge in [-0.25, -0.2) is 8.42 Å². The van der Waals surface area contributed by atoms with Gasteiger partial charge in [-0.2, -0.15) is 0 Å². The molecule has 2 rings (SSSR count). The minimum atomic E-state index is -3.70. The van der Waals surface area contributed by atoms with Gasteiger partial charge in [0.05, 0.1) is 11.5 Å². The summed E-state index contributed by atoms with van der Waals surface area (Å²) in [5, 5.41) is 0. The molecule has 1 saturated heterocycles. The van der Waals surface area contributed by atoms with Crippen LogP contribution in [0, 0.1) is 19.8 Å². The first kappa shape index (κ1) is 15.6. The standard InChI is InChI=1S/C14H19ClO4S/c1-10-7-13(20(15,16)17)8-11(2)14(10)19-9-12-3-5-18-6-4-12/h7-8,12H,3-6,9H2,1-2H3. The van der Waals surface area contributed by atoms with Crippen molar-refractivity contribution in [1.29, 1.82) is 0 Å². The van der Waals surface area contributed by atoms with Crippen LogP contribution in [0.1, 0.15) is 24.0 Å². The van der Waals surface area contributed by atoms with Crippen molar-refractivity contribution in [2.75, 3.05) is 19.8 Å². The molecule has 1 aliphatic heterocycles. The highest BCUT2D eigenvalue weighted by Crippen LogP contribution is 2.29. The summed E-state index contributed by atoms with van der Waals surface area (Å²) in [7, 11) is 1.67. The van der Waals surface area contributed by atoms with Crippen LogP contribution in [0.5, 0.6) is 5.75 Å². The second-order valence-corrected chi connectivity index (χ2v) is 7.76. The molecule has 1 aliphatic rings. The number of benzene rings is 1. The fourth-order valence-corrected chi connectivity index (χ4v) is 3.30. The number of halogens is 1. The Balaban J connectivity index is 2.12. The number of ether oxygens (including phenoxy) is 2. The summed E-state index contributed by atoms with van der Waals surface area (Å²) in [6, 6.07) is 3.10. The molecule has 0 aliphatic carbocycles. The Morgan fingerprint density at radius 2 is 1.80 bits per heavy atom. The molecule has 0 spiro atoms. The molecule has 0 saturated carbocycles. The fourth-order valence-electron chi connectivity index (χ4n) is 2.39. The summed E-state index contributed by atoms with van der Waals surface area (Å²) in [5.41, 5.74) is 1.58. The highest BCUT2D eigenvalue weighted by molar-refractivity contribution is 8.13. The third-order valence-corrected chi connectivity index (χ3v) is 4.85. The largest absolute Gasteiger partial charge is 0.493 e. The van der Waals surface area contributed by atoms with Crippen molar-refractivity contribution in [3.63, 3.8) is 0 Å². The van der Waals surface area contributed by atoms with Crippen LogP contribution in [0.25, 0.3) is 0 Å². The van der Waals surface area contributed by atoms with E-state index in [1.807, 2.05) is 13.8 Å². The van der Waals surface area contributed by atoms with Gasteiger partial charge in [0.15, 0.2) is 0 Å². The molecule has 0 amide bonds. The minimum Gasteiger partial charge on any atom is -0.493 e. The van der Waals surface area contributed by atoms with Gasteiger partial charge in [0.25, 0.3) is 9.05 Å². The van der Waals surface area contributed by atoms with Crippen LogP contribution in [0.15, 0.2) is 17.0 Å². The van der Waals surface area contributed by atoms with Crippen LogP contribution >= 0.6 is 10.7 Å². The van der Waals surface area contributed by atoms with Gasteiger partial charge in [-0.05, 0) is 55.9 Å². The van der Waals surface area contributed by atoms with E-state index >= 15 is 0 Å². The van der Waals surface area contributed by atoms with E-state index in [-0.39, 0.29) is 4.90 Å². The maximum absolute atomic E-state index is 11.4. The zero-order valence-corrected chi connectivity index (χ0v) is 13.3. The second-order valence-electron chi connectivity index (χ2n) is 5.19. The van der Waals surface area contributed by atoms with Crippen LogP contribution in [-0.2, 0) is 13.8 Å². The predicted molar refractivity (Wildman–Crippen MR) is 78.0 cm³/mol. The lowest BCUT2D eigenvalue weighted by molar-refractivity contribution is 0.0495. The fraction of sp³-hybridized carbons (Fsp3) is 0.571. The van der Waals surface area contributed by atoms with Gasteiger partial charge in [0.2, 0.25) is 0 Å². The third-order valence-electron chi connectivity index (χ3n) is 3.52. The van der Waals surface area contributed by atoms with Crippen molar-refractivity contribution in [1.82, 2.24) is 0 Å². The molecule has 0 unspecified atom stereocenters. The second kappa shape index (κ2) is 6.33. The Morgan fingerprint density at radius 1 is 1.25 bits per heavy atom. The van der Waals surface area contributed by atoms with Gasteiger partial charge in [0, 0.05) is 23.9 Å². The van der Waals surface area contributed by atoms with E-state index in [0.29, 0.717) is 12.5 Å². The summed E-state index contributed by atoms with van der Waals surface area (Å²) in [6.07, 6.45) is 2.01. The Kier molecular flexibility index (Phi) is 4.94. The van der Waals surface area contributed by atoms with Crippen molar-refractivity contribution in [3.05, 3.63) is 23.3 Å². The summed E-state index contributed by atoms with van der Waals surface area (Å²) in [4.78, 5) is 0.118. The maximum Gasteiger partial charge on any atom is 0.261 e. The molecular weight excluding hydrogens is 300 g/mol. The number of hydrogen-bond acceptors (Lipinski definition) is 4. The van der Waals surface area contributed by atoms with Crippen LogP contribution in [0.2, 0.25) is 0 Å². The minimum absolute atomic E-state index is 0.118. The number of rotatable bonds is 4. The highest BCUT2D eigenvalue weighted by Gasteiger charge is 2.18. The zero-order valence-electron chi connectivity index (χ0n) is 11.7. The van der Waals surface area contributed by atoms with Crippen molar-refractivity contribution in [2.45, 2.75) is 31.6 Å². The zero-order chi connectivity index (χ0) is 14.8. The highest BCUT2D eigenvalue weighted by atomic mass is 35.7. The molecule has 0 radical (unpaired) electrons. The van der Waals surface area contributed by atoms with Gasteiger partial charge in [-0.1, -0.05) is 0 Å². The average molecular weight is 319 g/mol. The molecule has 112 valence electrons. The van der Waals surface area contributed by atoms with Crippen LogP contribution in [0.4, 0.5) is 0 Å². The van der Waals surface area contributed by atoms with Crippen molar-refractivity contribution in [3.8, 4) is 5.75 Å². The van der Waals surface area contributed by atoms with E-state index in [1.54, 1.807) is 12.1 Å².